The van der Waals surface area contributed by atoms with Crippen molar-refractivity contribution in [3.05, 3.63) is 84.3 Å². The van der Waals surface area contributed by atoms with Crippen molar-refractivity contribution in [1.29, 1.82) is 0 Å². The van der Waals surface area contributed by atoms with Gasteiger partial charge in [-0.15, -0.1) is 0 Å². The molecule has 3 aliphatic rings. The normalized spacial score (nSPS) is 22.0. The van der Waals surface area contributed by atoms with Crippen molar-refractivity contribution < 1.29 is 9.47 Å². The highest BCUT2D eigenvalue weighted by molar-refractivity contribution is 5.53. The quantitative estimate of drug-likeness (QED) is 0.594. The van der Waals surface area contributed by atoms with E-state index in [4.69, 9.17) is 9.47 Å². The fraction of sp³-hybridized carbons (Fsp3) is 0.407. The summed E-state index contributed by atoms with van der Waals surface area (Å²) < 4.78 is 12.2. The maximum absolute atomic E-state index is 6.29. The van der Waals surface area contributed by atoms with E-state index >= 15 is 0 Å². The number of benzene rings is 2. The zero-order valence-electron chi connectivity index (χ0n) is 18.2. The van der Waals surface area contributed by atoms with Crippen molar-refractivity contribution in [1.82, 2.24) is 4.90 Å². The first kappa shape index (κ1) is 20.2. The van der Waals surface area contributed by atoms with Gasteiger partial charge in [0.05, 0.1) is 0 Å². The molecule has 0 N–H and O–H groups in total. The molecule has 1 saturated heterocycles. The molecule has 162 valence electrons. The number of hydrogen-bond acceptors (Lipinski definition) is 4. The molecule has 0 bridgehead atoms. The smallest absolute Gasteiger partial charge is 0.119 e. The van der Waals surface area contributed by atoms with E-state index in [9.17, 15) is 0 Å². The fourth-order valence-corrected chi connectivity index (χ4v) is 4.88. The van der Waals surface area contributed by atoms with E-state index in [1.807, 2.05) is 24.3 Å². The minimum Gasteiger partial charge on any atom is -0.489 e. The van der Waals surface area contributed by atoms with E-state index < -0.39 is 0 Å². The molecular weight excluding hydrogens is 384 g/mol. The van der Waals surface area contributed by atoms with E-state index in [2.05, 4.69) is 58.5 Å². The van der Waals surface area contributed by atoms with Crippen molar-refractivity contribution in [2.45, 2.75) is 50.9 Å². The van der Waals surface area contributed by atoms with Gasteiger partial charge in [0.1, 0.15) is 24.2 Å². The SMILES string of the molecule is C1=CN(c2ccc(O[C@H]3CCN(C4CCCC4)C3)cc2)CC=C1OCc1ccccc1. The van der Waals surface area contributed by atoms with Crippen LogP contribution in [0.5, 0.6) is 5.75 Å². The predicted molar refractivity (Wildman–Crippen MR) is 125 cm³/mol. The lowest BCUT2D eigenvalue weighted by molar-refractivity contribution is 0.178. The first-order valence-electron chi connectivity index (χ1n) is 11.7. The predicted octanol–water partition coefficient (Wildman–Crippen LogP) is 5.52. The van der Waals surface area contributed by atoms with Gasteiger partial charge in [0.15, 0.2) is 0 Å². The van der Waals surface area contributed by atoms with E-state index in [0.717, 1.165) is 37.1 Å². The first-order chi connectivity index (χ1) is 15.3. The van der Waals surface area contributed by atoms with Gasteiger partial charge in [-0.05, 0) is 61.2 Å². The molecule has 2 fully saturated rings. The lowest BCUT2D eigenvalue weighted by atomic mass is 10.2. The monoisotopic (exact) mass is 416 g/mol. The van der Waals surface area contributed by atoms with E-state index in [1.54, 1.807) is 0 Å². The molecule has 2 aliphatic heterocycles. The van der Waals surface area contributed by atoms with Gasteiger partial charge in [0.2, 0.25) is 0 Å². The zero-order chi connectivity index (χ0) is 20.9. The molecule has 1 atom stereocenters. The van der Waals surface area contributed by atoms with Crippen molar-refractivity contribution in [2.75, 3.05) is 24.5 Å². The summed E-state index contributed by atoms with van der Waals surface area (Å²) in [5.74, 6) is 1.90. The molecule has 1 saturated carbocycles. The summed E-state index contributed by atoms with van der Waals surface area (Å²) in [6.45, 7) is 3.67. The Morgan fingerprint density at radius 1 is 0.903 bits per heavy atom. The van der Waals surface area contributed by atoms with Gasteiger partial charge < -0.3 is 14.4 Å². The van der Waals surface area contributed by atoms with E-state index in [-0.39, 0.29) is 0 Å². The second-order valence-electron chi connectivity index (χ2n) is 8.80. The third kappa shape index (κ3) is 5.13. The summed E-state index contributed by atoms with van der Waals surface area (Å²) in [7, 11) is 0. The molecule has 0 unspecified atom stereocenters. The average molecular weight is 417 g/mol. The number of hydrogen-bond donors (Lipinski definition) is 0. The summed E-state index contributed by atoms with van der Waals surface area (Å²) in [4.78, 5) is 4.87. The van der Waals surface area contributed by atoms with Gasteiger partial charge in [0, 0.05) is 37.6 Å². The molecule has 2 heterocycles. The number of ether oxygens (including phenoxy) is 2. The summed E-state index contributed by atoms with van der Waals surface area (Å²) >= 11 is 0. The first-order valence-corrected chi connectivity index (χ1v) is 11.7. The molecule has 0 aromatic heterocycles. The van der Waals surface area contributed by atoms with Crippen LogP contribution in [-0.4, -0.2) is 36.7 Å². The van der Waals surface area contributed by atoms with Gasteiger partial charge >= 0.3 is 0 Å². The molecule has 0 amide bonds. The van der Waals surface area contributed by atoms with Gasteiger partial charge in [0.25, 0.3) is 0 Å². The summed E-state index contributed by atoms with van der Waals surface area (Å²) in [6.07, 6.45) is 13.3. The topological polar surface area (TPSA) is 24.9 Å². The van der Waals surface area contributed by atoms with E-state index in [0.29, 0.717) is 12.7 Å². The Hall–Kier alpha value is -2.72. The standard InChI is InChI=1S/C27H32N2O2/c1-2-6-22(7-3-1)21-30-25-14-17-28(18-15-25)24-10-12-26(13-11-24)31-27-16-19-29(20-27)23-8-4-5-9-23/h1-3,6-7,10-15,17,23,27H,4-5,8-9,16,18-21H2/t27-/m0/s1. The Morgan fingerprint density at radius 2 is 1.71 bits per heavy atom. The number of nitrogens with zero attached hydrogens (tertiary/aromatic N) is 2. The molecule has 2 aromatic carbocycles. The van der Waals surface area contributed by atoms with Crippen molar-refractivity contribution >= 4 is 5.69 Å². The largest absolute Gasteiger partial charge is 0.489 e. The van der Waals surface area contributed by atoms with Crippen LogP contribution in [0.25, 0.3) is 0 Å². The Labute approximate surface area is 185 Å². The average Bonchev–Trinajstić information content (AvgIpc) is 3.52. The van der Waals surface area contributed by atoms with Crippen LogP contribution in [0.15, 0.2) is 78.7 Å². The lowest BCUT2D eigenvalue weighted by Crippen LogP contribution is -2.32. The highest BCUT2D eigenvalue weighted by Gasteiger charge is 2.30. The van der Waals surface area contributed by atoms with Crippen LogP contribution in [0.4, 0.5) is 5.69 Å². The minimum atomic E-state index is 0.327. The van der Waals surface area contributed by atoms with Crippen LogP contribution in [-0.2, 0) is 11.3 Å². The molecule has 2 aromatic rings. The zero-order valence-corrected chi connectivity index (χ0v) is 18.2. The Bertz CT molecular complexity index is 901. The van der Waals surface area contributed by atoms with Crippen LogP contribution in [0, 0.1) is 0 Å². The number of likely N-dealkylation sites (tertiary alicyclic amines) is 1. The van der Waals surface area contributed by atoms with Crippen LogP contribution in [0.2, 0.25) is 0 Å². The lowest BCUT2D eigenvalue weighted by Gasteiger charge is -2.24. The van der Waals surface area contributed by atoms with Crippen LogP contribution in [0.1, 0.15) is 37.7 Å². The van der Waals surface area contributed by atoms with Crippen LogP contribution < -0.4 is 9.64 Å². The highest BCUT2D eigenvalue weighted by Crippen LogP contribution is 2.29. The molecule has 4 nitrogen and oxygen atoms in total. The van der Waals surface area contributed by atoms with Crippen molar-refractivity contribution in [3.63, 3.8) is 0 Å². The fourth-order valence-electron chi connectivity index (χ4n) is 4.88. The van der Waals surface area contributed by atoms with E-state index in [1.165, 1.54) is 43.5 Å². The number of anilines is 1. The maximum Gasteiger partial charge on any atom is 0.119 e. The summed E-state index contributed by atoms with van der Waals surface area (Å²) in [6, 6.07) is 19.6. The Kier molecular flexibility index (Phi) is 6.26. The highest BCUT2D eigenvalue weighted by atomic mass is 16.5. The van der Waals surface area contributed by atoms with Crippen molar-refractivity contribution in [2.24, 2.45) is 0 Å². The molecular formula is C27H32N2O2. The Morgan fingerprint density at radius 3 is 2.45 bits per heavy atom. The molecule has 5 rings (SSSR count). The molecule has 0 spiro atoms. The van der Waals surface area contributed by atoms with Gasteiger partial charge in [-0.1, -0.05) is 43.2 Å². The second kappa shape index (κ2) is 9.61. The third-order valence-corrected chi connectivity index (χ3v) is 6.64. The molecule has 0 radical (unpaired) electrons. The molecule has 1 aliphatic carbocycles. The van der Waals surface area contributed by atoms with Gasteiger partial charge in [-0.3, -0.25) is 4.90 Å². The summed E-state index contributed by atoms with van der Waals surface area (Å²) in [5.41, 5.74) is 2.35. The van der Waals surface area contributed by atoms with Crippen LogP contribution >= 0.6 is 0 Å². The molecule has 4 heteroatoms. The minimum absolute atomic E-state index is 0.327. The number of rotatable bonds is 7. The molecule has 31 heavy (non-hydrogen) atoms. The second-order valence-corrected chi connectivity index (χ2v) is 8.80. The Balaban J connectivity index is 1.10. The summed E-state index contributed by atoms with van der Waals surface area (Å²) in [5, 5.41) is 0. The number of allylic oxidation sites excluding steroid dienone is 1. The van der Waals surface area contributed by atoms with Crippen LogP contribution in [0.3, 0.4) is 0 Å². The van der Waals surface area contributed by atoms with Gasteiger partial charge in [-0.25, -0.2) is 0 Å². The van der Waals surface area contributed by atoms with Gasteiger partial charge in [-0.2, -0.15) is 0 Å². The van der Waals surface area contributed by atoms with Crippen molar-refractivity contribution in [3.8, 4) is 5.75 Å². The third-order valence-electron chi connectivity index (χ3n) is 6.64. The maximum atomic E-state index is 6.29.